The van der Waals surface area contributed by atoms with Crippen molar-refractivity contribution in [1.29, 1.82) is 0 Å². The topological polar surface area (TPSA) is 81.1 Å². The number of anilines is 2. The van der Waals surface area contributed by atoms with E-state index in [1.807, 2.05) is 66.2 Å². The average molecular weight is 512 g/mol. The highest BCUT2D eigenvalue weighted by Gasteiger charge is 2.34. The van der Waals surface area contributed by atoms with Crippen LogP contribution in [-0.4, -0.2) is 27.8 Å². The van der Waals surface area contributed by atoms with E-state index in [9.17, 15) is 4.79 Å². The lowest BCUT2D eigenvalue weighted by atomic mass is 9.94. The number of benzene rings is 3. The number of methoxy groups -OCH3 is 1. The number of ether oxygens (including phenoxy) is 1. The summed E-state index contributed by atoms with van der Waals surface area (Å²) in [5, 5.41) is 11.8. The van der Waals surface area contributed by atoms with Crippen molar-refractivity contribution < 1.29 is 9.53 Å². The zero-order valence-corrected chi connectivity index (χ0v) is 21.9. The number of rotatable bonds is 8. The highest BCUT2D eigenvalue weighted by molar-refractivity contribution is 7.98. The summed E-state index contributed by atoms with van der Waals surface area (Å²) in [6.07, 6.45) is 0.948. The van der Waals surface area contributed by atoms with Gasteiger partial charge in [-0.05, 0) is 54.3 Å². The molecule has 0 fully saturated rings. The van der Waals surface area contributed by atoms with E-state index in [-0.39, 0.29) is 5.91 Å². The Bertz CT molecular complexity index is 1410. The Morgan fingerprint density at radius 2 is 1.73 bits per heavy atom. The molecule has 2 N–H and O–H groups in total. The fourth-order valence-corrected chi connectivity index (χ4v) is 5.10. The molecule has 1 amide bonds. The van der Waals surface area contributed by atoms with E-state index in [1.54, 1.807) is 18.9 Å². The van der Waals surface area contributed by atoms with Crippen molar-refractivity contribution in [3.05, 3.63) is 107 Å². The molecule has 8 heteroatoms. The largest absolute Gasteiger partial charge is 0.497 e. The van der Waals surface area contributed by atoms with E-state index in [0.717, 1.165) is 40.4 Å². The lowest BCUT2D eigenvalue weighted by Crippen LogP contribution is -2.31. The Kier molecular flexibility index (Phi) is 7.28. The highest BCUT2D eigenvalue weighted by Crippen LogP contribution is 2.37. The Balaban J connectivity index is 1.46. The minimum atomic E-state index is -0.409. The summed E-state index contributed by atoms with van der Waals surface area (Å²) in [4.78, 5) is 18.3. The number of allylic oxidation sites excluding steroid dienone is 1. The lowest BCUT2D eigenvalue weighted by Gasteiger charge is -2.28. The van der Waals surface area contributed by atoms with Crippen LogP contribution in [-0.2, 0) is 17.0 Å². The average Bonchev–Trinajstić information content (AvgIpc) is 3.34. The van der Waals surface area contributed by atoms with Crippen molar-refractivity contribution in [1.82, 2.24) is 14.8 Å². The van der Waals surface area contributed by atoms with E-state index >= 15 is 0 Å². The molecule has 0 bridgehead atoms. The number of thioether (sulfide) groups is 1. The van der Waals surface area contributed by atoms with Gasteiger partial charge in [0.25, 0.3) is 5.91 Å². The number of hydrogen-bond donors (Lipinski definition) is 2. The molecule has 1 aliphatic rings. The van der Waals surface area contributed by atoms with E-state index in [2.05, 4.69) is 41.8 Å². The van der Waals surface area contributed by atoms with Gasteiger partial charge in [-0.25, -0.2) is 4.68 Å². The molecule has 3 aromatic carbocycles. The first-order chi connectivity index (χ1) is 18.1. The zero-order valence-electron chi connectivity index (χ0n) is 21.1. The molecular weight excluding hydrogens is 482 g/mol. The van der Waals surface area contributed by atoms with E-state index in [0.29, 0.717) is 16.7 Å². The maximum Gasteiger partial charge on any atom is 0.255 e. The van der Waals surface area contributed by atoms with Gasteiger partial charge in [0.15, 0.2) is 0 Å². The number of aromatic nitrogens is 3. The zero-order chi connectivity index (χ0) is 25.8. The third-order valence-corrected chi connectivity index (χ3v) is 7.25. The van der Waals surface area contributed by atoms with Gasteiger partial charge in [0.2, 0.25) is 11.1 Å². The number of hydrogen-bond acceptors (Lipinski definition) is 6. The highest BCUT2D eigenvalue weighted by atomic mass is 32.2. The number of aryl methyl sites for hydroxylation is 1. The second kappa shape index (κ2) is 10.9. The normalized spacial score (nSPS) is 14.6. The third kappa shape index (κ3) is 5.39. The van der Waals surface area contributed by atoms with Gasteiger partial charge >= 0.3 is 0 Å². The monoisotopic (exact) mass is 511 g/mol. The molecular formula is C29H29N5O2S. The van der Waals surface area contributed by atoms with Crippen LogP contribution in [0.15, 0.2) is 95.3 Å². The first-order valence-electron chi connectivity index (χ1n) is 12.2. The molecule has 7 nitrogen and oxygen atoms in total. The molecule has 2 heterocycles. The van der Waals surface area contributed by atoms with Gasteiger partial charge in [0, 0.05) is 17.1 Å². The van der Waals surface area contributed by atoms with Crippen molar-refractivity contribution in [2.75, 3.05) is 17.7 Å². The quantitative estimate of drug-likeness (QED) is 0.280. The van der Waals surface area contributed by atoms with Crippen molar-refractivity contribution in [2.45, 2.75) is 37.2 Å². The Hall–Kier alpha value is -4.04. The summed E-state index contributed by atoms with van der Waals surface area (Å²) in [6, 6.07) is 25.4. The Morgan fingerprint density at radius 1 is 1.03 bits per heavy atom. The number of fused-ring (bicyclic) bond motifs is 1. The summed E-state index contributed by atoms with van der Waals surface area (Å²) in [6.45, 7) is 4.04. The van der Waals surface area contributed by atoms with Gasteiger partial charge in [0.05, 0.1) is 12.7 Å². The number of amides is 1. The minimum absolute atomic E-state index is 0.172. The van der Waals surface area contributed by atoms with Gasteiger partial charge in [-0.3, -0.25) is 4.79 Å². The SMILES string of the molecule is CCc1ccc([C@@H]2C(C(=O)Nc3ccccc3)=C(C)Nc3nc(SCc4ccc(OC)cc4)nn32)cc1. The van der Waals surface area contributed by atoms with Crippen LogP contribution in [0, 0.1) is 0 Å². The van der Waals surface area contributed by atoms with Gasteiger partial charge in [-0.1, -0.05) is 73.3 Å². The van der Waals surface area contributed by atoms with Crippen molar-refractivity contribution in [2.24, 2.45) is 0 Å². The van der Waals surface area contributed by atoms with Gasteiger partial charge in [-0.15, -0.1) is 5.10 Å². The van der Waals surface area contributed by atoms with Crippen LogP contribution >= 0.6 is 11.8 Å². The molecule has 0 unspecified atom stereocenters. The van der Waals surface area contributed by atoms with Crippen LogP contribution < -0.4 is 15.4 Å². The summed E-state index contributed by atoms with van der Waals surface area (Å²) < 4.78 is 7.08. The molecule has 0 saturated carbocycles. The standard InChI is InChI=1S/C29H29N5O2S/c1-4-20-10-14-22(15-11-20)26-25(27(35)31-23-8-6-5-7-9-23)19(2)30-28-32-29(33-34(26)28)37-18-21-12-16-24(36-3)17-13-21/h5-17,26H,4,18H2,1-3H3,(H,31,35)(H,30,32,33)/t26-/m1/s1. The summed E-state index contributed by atoms with van der Waals surface area (Å²) in [7, 11) is 1.66. The molecule has 1 aliphatic heterocycles. The summed E-state index contributed by atoms with van der Waals surface area (Å²) in [5.74, 6) is 2.00. The van der Waals surface area contributed by atoms with Crippen molar-refractivity contribution in [3.8, 4) is 5.75 Å². The second-order valence-corrected chi connectivity index (χ2v) is 9.72. The minimum Gasteiger partial charge on any atom is -0.497 e. The van der Waals surface area contributed by atoms with Crippen LogP contribution in [0.5, 0.6) is 5.75 Å². The number of nitrogens with zero attached hydrogens (tertiary/aromatic N) is 3. The molecule has 37 heavy (non-hydrogen) atoms. The summed E-state index contributed by atoms with van der Waals surface area (Å²) in [5.41, 5.74) is 5.47. The number of para-hydroxylation sites is 1. The van der Waals surface area contributed by atoms with Crippen molar-refractivity contribution >= 4 is 29.3 Å². The van der Waals surface area contributed by atoms with Gasteiger partial charge in [-0.2, -0.15) is 4.98 Å². The van der Waals surface area contributed by atoms with Crippen molar-refractivity contribution in [3.63, 3.8) is 0 Å². The maximum atomic E-state index is 13.6. The lowest BCUT2D eigenvalue weighted by molar-refractivity contribution is -0.113. The van der Waals surface area contributed by atoms with E-state index in [1.165, 1.54) is 5.56 Å². The number of carbonyl (C=O) groups excluding carboxylic acids is 1. The fraction of sp³-hybridized carbons (Fsp3) is 0.207. The van der Waals surface area contributed by atoms with Crippen LogP contribution in [0.1, 0.15) is 36.6 Å². The molecule has 0 saturated heterocycles. The molecule has 188 valence electrons. The van der Waals surface area contributed by atoms with Gasteiger partial charge < -0.3 is 15.4 Å². The molecule has 0 aliphatic carbocycles. The molecule has 0 radical (unpaired) electrons. The smallest absolute Gasteiger partial charge is 0.255 e. The number of carbonyl (C=O) groups is 1. The van der Waals surface area contributed by atoms with Crippen LogP contribution in [0.25, 0.3) is 0 Å². The predicted octanol–water partition coefficient (Wildman–Crippen LogP) is 6.07. The van der Waals surface area contributed by atoms with E-state index in [4.69, 9.17) is 14.8 Å². The first-order valence-corrected chi connectivity index (χ1v) is 13.2. The van der Waals surface area contributed by atoms with E-state index < -0.39 is 6.04 Å². The van der Waals surface area contributed by atoms with Crippen LogP contribution in [0.2, 0.25) is 0 Å². The van der Waals surface area contributed by atoms with Crippen LogP contribution in [0.3, 0.4) is 0 Å². The number of nitrogens with one attached hydrogen (secondary N) is 2. The molecule has 4 aromatic rings. The Labute approximate surface area is 221 Å². The van der Waals surface area contributed by atoms with Crippen LogP contribution in [0.4, 0.5) is 11.6 Å². The second-order valence-electron chi connectivity index (χ2n) is 8.78. The summed E-state index contributed by atoms with van der Waals surface area (Å²) >= 11 is 1.55. The molecule has 1 atom stereocenters. The maximum absolute atomic E-state index is 13.6. The first kappa shape index (κ1) is 24.6. The van der Waals surface area contributed by atoms with Gasteiger partial charge in [0.1, 0.15) is 11.8 Å². The molecule has 1 aromatic heterocycles. The Morgan fingerprint density at radius 3 is 2.41 bits per heavy atom. The predicted molar refractivity (Wildman–Crippen MR) is 148 cm³/mol. The fourth-order valence-electron chi connectivity index (χ4n) is 4.32. The molecule has 0 spiro atoms. The molecule has 5 rings (SSSR count). The third-order valence-electron chi connectivity index (χ3n) is 6.34.